The summed E-state index contributed by atoms with van der Waals surface area (Å²) >= 11 is 0. The predicted molar refractivity (Wildman–Crippen MR) is 109 cm³/mol. The number of halogens is 3. The van der Waals surface area contributed by atoms with E-state index in [2.05, 4.69) is 0 Å². The number of anilines is 1. The number of carbonyl (C=O) groups excluding carboxylic acids is 1. The highest BCUT2D eigenvalue weighted by Crippen LogP contribution is 2.36. The third kappa shape index (κ3) is 5.69. The molecule has 0 spiro atoms. The summed E-state index contributed by atoms with van der Waals surface area (Å²) in [6.07, 6.45) is 0. The van der Waals surface area contributed by atoms with Crippen LogP contribution in [0.2, 0.25) is 0 Å². The number of benzene rings is 3. The first kappa shape index (κ1) is 22.0. The van der Waals surface area contributed by atoms with Crippen molar-refractivity contribution in [2.75, 3.05) is 18.6 Å². The van der Waals surface area contributed by atoms with E-state index in [9.17, 15) is 18.0 Å². The van der Waals surface area contributed by atoms with E-state index in [1.54, 1.807) is 24.3 Å². The topological polar surface area (TPSA) is 48.0 Å². The van der Waals surface area contributed by atoms with Gasteiger partial charge in [-0.15, -0.1) is 0 Å². The largest absolute Gasteiger partial charge is 0.463 e. The minimum atomic E-state index is -1.10. The minimum Gasteiger partial charge on any atom is -0.463 e. The zero-order valence-corrected chi connectivity index (χ0v) is 16.7. The Morgan fingerprint density at radius 3 is 2.26 bits per heavy atom. The Balaban J connectivity index is 2.01. The van der Waals surface area contributed by atoms with Gasteiger partial charge in [-0.3, -0.25) is 4.79 Å². The molecule has 3 aromatic rings. The molecule has 5 nitrogen and oxygen atoms in total. The Bertz CT molecular complexity index is 1030. The van der Waals surface area contributed by atoms with Crippen LogP contribution >= 0.6 is 0 Å². The molecule has 0 aliphatic rings. The zero-order valence-electron chi connectivity index (χ0n) is 16.7. The van der Waals surface area contributed by atoms with Gasteiger partial charge in [0.1, 0.15) is 23.1 Å². The average Bonchev–Trinajstić information content (AvgIpc) is 2.76. The molecule has 0 aromatic heterocycles. The Morgan fingerprint density at radius 1 is 0.871 bits per heavy atom. The summed E-state index contributed by atoms with van der Waals surface area (Å²) in [4.78, 5) is 13.7. The maximum atomic E-state index is 14.1. The van der Waals surface area contributed by atoms with Gasteiger partial charge < -0.3 is 19.1 Å². The molecule has 162 valence electrons. The van der Waals surface area contributed by atoms with Gasteiger partial charge in [-0.1, -0.05) is 18.2 Å². The molecule has 0 bridgehead atoms. The van der Waals surface area contributed by atoms with Crippen LogP contribution in [0.25, 0.3) is 0 Å². The van der Waals surface area contributed by atoms with Crippen LogP contribution in [-0.4, -0.2) is 19.6 Å². The minimum absolute atomic E-state index is 0.122. The molecule has 31 heavy (non-hydrogen) atoms. The lowest BCUT2D eigenvalue weighted by Crippen LogP contribution is -2.28. The second-order valence-corrected chi connectivity index (χ2v) is 6.41. The zero-order chi connectivity index (χ0) is 22.2. The molecular formula is C23H20F3NO4. The van der Waals surface area contributed by atoms with Crippen LogP contribution < -0.4 is 19.1 Å². The van der Waals surface area contributed by atoms with Crippen molar-refractivity contribution in [1.82, 2.24) is 0 Å². The summed E-state index contributed by atoms with van der Waals surface area (Å²) in [7, 11) is 0. The van der Waals surface area contributed by atoms with Crippen LogP contribution in [0.5, 0.6) is 23.0 Å². The summed E-state index contributed by atoms with van der Waals surface area (Å²) < 4.78 is 55.2. The molecule has 3 aromatic carbocycles. The normalized spacial score (nSPS) is 10.5. The van der Waals surface area contributed by atoms with Gasteiger partial charge >= 0.3 is 0 Å². The van der Waals surface area contributed by atoms with Gasteiger partial charge in [-0.05, 0) is 42.5 Å². The summed E-state index contributed by atoms with van der Waals surface area (Å²) in [5.74, 6) is 0.0580. The predicted octanol–water partition coefficient (Wildman–Crippen LogP) is 5.78. The van der Waals surface area contributed by atoms with Crippen LogP contribution in [0.1, 0.15) is 12.5 Å². The van der Waals surface area contributed by atoms with Gasteiger partial charge in [-0.2, -0.15) is 0 Å². The highest BCUT2D eigenvalue weighted by atomic mass is 19.1. The number of alkyl halides is 2. The highest BCUT2D eigenvalue weighted by molar-refractivity contribution is 5.93. The number of hydrogen-bond acceptors (Lipinski definition) is 4. The fraction of sp³-hybridized carbons (Fsp3) is 0.174. The Morgan fingerprint density at radius 2 is 1.58 bits per heavy atom. The number of hydrogen-bond donors (Lipinski definition) is 0. The van der Waals surface area contributed by atoms with Crippen LogP contribution in [0.3, 0.4) is 0 Å². The van der Waals surface area contributed by atoms with Gasteiger partial charge in [0.25, 0.3) is 0 Å². The summed E-state index contributed by atoms with van der Waals surface area (Å²) in [5, 5.41) is 0. The summed E-state index contributed by atoms with van der Waals surface area (Å²) in [6, 6.07) is 16.9. The lowest BCUT2D eigenvalue weighted by atomic mass is 10.1. The smallest absolute Gasteiger partial charge is 0.228 e. The van der Waals surface area contributed by atoms with E-state index in [1.165, 1.54) is 42.2 Å². The molecule has 0 atom stereocenters. The van der Waals surface area contributed by atoms with E-state index in [0.29, 0.717) is 11.3 Å². The van der Waals surface area contributed by atoms with Gasteiger partial charge in [0, 0.05) is 18.6 Å². The van der Waals surface area contributed by atoms with E-state index in [1.807, 2.05) is 6.07 Å². The molecular weight excluding hydrogens is 411 g/mol. The van der Waals surface area contributed by atoms with Crippen molar-refractivity contribution in [3.05, 3.63) is 78.1 Å². The van der Waals surface area contributed by atoms with Crippen molar-refractivity contribution in [1.29, 1.82) is 0 Å². The van der Waals surface area contributed by atoms with Crippen LogP contribution in [0.4, 0.5) is 18.9 Å². The molecule has 0 N–H and O–H groups in total. The summed E-state index contributed by atoms with van der Waals surface area (Å²) in [5.41, 5.74) is 0.507. The lowest BCUT2D eigenvalue weighted by Gasteiger charge is -2.25. The second kappa shape index (κ2) is 10.4. The van der Waals surface area contributed by atoms with E-state index in [-0.39, 0.29) is 29.5 Å². The number of amides is 1. The third-order valence-electron chi connectivity index (χ3n) is 4.35. The molecule has 0 radical (unpaired) electrons. The molecule has 0 saturated carbocycles. The van der Waals surface area contributed by atoms with E-state index < -0.39 is 25.4 Å². The molecule has 8 heteroatoms. The van der Waals surface area contributed by atoms with Crippen molar-refractivity contribution in [3.63, 3.8) is 0 Å². The van der Waals surface area contributed by atoms with Crippen molar-refractivity contribution in [3.8, 4) is 23.0 Å². The molecule has 0 heterocycles. The van der Waals surface area contributed by atoms with Crippen LogP contribution in [0, 0.1) is 5.82 Å². The monoisotopic (exact) mass is 431 g/mol. The number of ether oxygens (including phenoxy) is 3. The van der Waals surface area contributed by atoms with E-state index >= 15 is 0 Å². The van der Waals surface area contributed by atoms with E-state index in [4.69, 9.17) is 14.2 Å². The molecule has 1 amide bonds. The van der Waals surface area contributed by atoms with Gasteiger partial charge in [0.2, 0.25) is 19.6 Å². The first-order valence-electron chi connectivity index (χ1n) is 9.33. The molecule has 0 saturated heterocycles. The van der Waals surface area contributed by atoms with Crippen LogP contribution in [-0.2, 0) is 11.3 Å². The SMILES string of the molecule is CC(=O)N(Cc1cc(OCF)ccc1OCF)c1cc(F)ccc1Oc1ccccc1. The van der Waals surface area contributed by atoms with Gasteiger partial charge in [-0.25, -0.2) is 13.2 Å². The quantitative estimate of drug-likeness (QED) is 0.431. The number of carbonyl (C=O) groups is 1. The Hall–Kier alpha value is -3.68. The third-order valence-corrected chi connectivity index (χ3v) is 4.35. The Kier molecular flexibility index (Phi) is 7.37. The first-order valence-corrected chi connectivity index (χ1v) is 9.33. The molecule has 0 fully saturated rings. The van der Waals surface area contributed by atoms with Crippen molar-refractivity contribution in [2.45, 2.75) is 13.5 Å². The molecule has 0 aliphatic carbocycles. The molecule has 0 aliphatic heterocycles. The number of rotatable bonds is 9. The maximum Gasteiger partial charge on any atom is 0.228 e. The van der Waals surface area contributed by atoms with Crippen molar-refractivity contribution in [2.24, 2.45) is 0 Å². The van der Waals surface area contributed by atoms with Gasteiger partial charge in [0.15, 0.2) is 5.75 Å². The fourth-order valence-electron chi connectivity index (χ4n) is 2.97. The highest BCUT2D eigenvalue weighted by Gasteiger charge is 2.21. The number of nitrogens with zero attached hydrogens (tertiary/aromatic N) is 1. The lowest BCUT2D eigenvalue weighted by molar-refractivity contribution is -0.116. The number of para-hydroxylation sites is 1. The van der Waals surface area contributed by atoms with Crippen molar-refractivity contribution < 1.29 is 32.2 Å². The second-order valence-electron chi connectivity index (χ2n) is 6.41. The van der Waals surface area contributed by atoms with Crippen LogP contribution in [0.15, 0.2) is 66.7 Å². The van der Waals surface area contributed by atoms with Crippen molar-refractivity contribution >= 4 is 11.6 Å². The Labute approximate surface area is 177 Å². The fourth-order valence-corrected chi connectivity index (χ4v) is 2.97. The molecule has 3 rings (SSSR count). The standard InChI is InChI=1S/C23H20F3NO4/c1-16(28)27(13-17-11-20(29-14-24)8-10-22(17)30-15-25)21-12-18(26)7-9-23(21)31-19-5-3-2-4-6-19/h2-12H,13-15H2,1H3. The summed E-state index contributed by atoms with van der Waals surface area (Å²) in [6.45, 7) is -0.978. The first-order chi connectivity index (χ1) is 15.0. The maximum absolute atomic E-state index is 14.1. The molecule has 0 unspecified atom stereocenters. The van der Waals surface area contributed by atoms with E-state index in [0.717, 1.165) is 6.07 Å². The average molecular weight is 431 g/mol. The van der Waals surface area contributed by atoms with Gasteiger partial charge in [0.05, 0.1) is 12.2 Å².